The van der Waals surface area contributed by atoms with Gasteiger partial charge in [-0.1, -0.05) is 152 Å². The minimum Gasteiger partial charge on any atom is -0.456 e. The van der Waals surface area contributed by atoms with Crippen LogP contribution in [0, 0.1) is 0 Å². The molecular formula is C52H35NO. The lowest BCUT2D eigenvalue weighted by atomic mass is 9.97. The van der Waals surface area contributed by atoms with E-state index in [1.54, 1.807) is 0 Å². The van der Waals surface area contributed by atoms with Crippen LogP contribution in [-0.2, 0) is 0 Å². The molecule has 2 heteroatoms. The summed E-state index contributed by atoms with van der Waals surface area (Å²) >= 11 is 0. The van der Waals surface area contributed by atoms with Crippen molar-refractivity contribution in [1.29, 1.82) is 0 Å². The summed E-state index contributed by atoms with van der Waals surface area (Å²) in [5.41, 5.74) is 14.5. The minimum absolute atomic E-state index is 0.895. The van der Waals surface area contributed by atoms with Crippen molar-refractivity contribution in [3.63, 3.8) is 0 Å². The van der Waals surface area contributed by atoms with Gasteiger partial charge in [0.25, 0.3) is 0 Å². The van der Waals surface area contributed by atoms with Crippen molar-refractivity contribution in [2.45, 2.75) is 0 Å². The van der Waals surface area contributed by atoms with Gasteiger partial charge in [0.1, 0.15) is 11.2 Å². The van der Waals surface area contributed by atoms with Gasteiger partial charge in [-0.3, -0.25) is 0 Å². The minimum atomic E-state index is 0.895. The predicted molar refractivity (Wildman–Crippen MR) is 228 cm³/mol. The Labute approximate surface area is 314 Å². The number of anilines is 3. The summed E-state index contributed by atoms with van der Waals surface area (Å²) in [4.78, 5) is 2.37. The monoisotopic (exact) mass is 689 g/mol. The van der Waals surface area contributed by atoms with Crippen LogP contribution in [0.3, 0.4) is 0 Å². The van der Waals surface area contributed by atoms with E-state index in [0.717, 1.165) is 50.1 Å². The first-order chi connectivity index (χ1) is 26.7. The van der Waals surface area contributed by atoms with Crippen molar-refractivity contribution < 1.29 is 4.42 Å². The molecule has 0 unspecified atom stereocenters. The van der Waals surface area contributed by atoms with Crippen LogP contribution in [0.15, 0.2) is 217 Å². The second-order valence-corrected chi connectivity index (χ2v) is 13.8. The second kappa shape index (κ2) is 13.4. The topological polar surface area (TPSA) is 16.4 Å². The van der Waals surface area contributed by atoms with Crippen molar-refractivity contribution in [2.24, 2.45) is 0 Å². The van der Waals surface area contributed by atoms with Gasteiger partial charge in [0.05, 0.1) is 5.69 Å². The second-order valence-electron chi connectivity index (χ2n) is 13.8. The molecule has 0 radical (unpaired) electrons. The molecule has 0 spiro atoms. The van der Waals surface area contributed by atoms with Gasteiger partial charge in [0.15, 0.2) is 0 Å². The summed E-state index contributed by atoms with van der Waals surface area (Å²) in [6.45, 7) is 0. The van der Waals surface area contributed by atoms with Crippen LogP contribution >= 0.6 is 0 Å². The molecule has 0 aliphatic rings. The van der Waals surface area contributed by atoms with E-state index in [-0.39, 0.29) is 0 Å². The first-order valence-electron chi connectivity index (χ1n) is 18.4. The molecular weight excluding hydrogens is 655 g/mol. The highest BCUT2D eigenvalue weighted by atomic mass is 16.3. The first kappa shape index (κ1) is 31.6. The molecule has 0 fully saturated rings. The number of fused-ring (bicyclic) bond motifs is 4. The largest absolute Gasteiger partial charge is 0.456 e. The lowest BCUT2D eigenvalue weighted by Crippen LogP contribution is -2.11. The standard InChI is InChI=1S/C52H35NO/c1-2-11-36(12-3-1)38-23-28-45(29-24-38)53(50-19-8-6-17-47(50)44-27-32-52-49(35-44)48-18-7-9-20-51(48)54-52)46-30-25-39(26-31-46)41-15-10-16-42(33-41)43-22-21-37-13-4-5-14-40(37)34-43/h1-35H. The molecule has 10 rings (SSSR count). The lowest BCUT2D eigenvalue weighted by molar-refractivity contribution is 0.669. The number of furan rings is 1. The fraction of sp³-hybridized carbons (Fsp3) is 0. The maximum Gasteiger partial charge on any atom is 0.135 e. The number of benzene rings is 9. The summed E-state index contributed by atoms with van der Waals surface area (Å²) in [5, 5.41) is 4.75. The molecule has 1 aromatic heterocycles. The van der Waals surface area contributed by atoms with Gasteiger partial charge in [-0.25, -0.2) is 0 Å². The van der Waals surface area contributed by atoms with Crippen LogP contribution in [0.2, 0.25) is 0 Å². The average molecular weight is 690 g/mol. The van der Waals surface area contributed by atoms with Gasteiger partial charge in [-0.15, -0.1) is 0 Å². The van der Waals surface area contributed by atoms with Crippen LogP contribution in [0.4, 0.5) is 17.1 Å². The van der Waals surface area contributed by atoms with Crippen molar-refractivity contribution in [3.05, 3.63) is 212 Å². The Morgan fingerprint density at radius 3 is 1.63 bits per heavy atom. The molecule has 2 nitrogen and oxygen atoms in total. The van der Waals surface area contributed by atoms with E-state index in [4.69, 9.17) is 4.42 Å². The molecule has 0 bridgehead atoms. The molecule has 0 atom stereocenters. The molecule has 9 aromatic carbocycles. The zero-order valence-corrected chi connectivity index (χ0v) is 29.6. The Kier molecular flexibility index (Phi) is 7.85. The number of hydrogen-bond donors (Lipinski definition) is 0. The summed E-state index contributed by atoms with van der Waals surface area (Å²) in [5.74, 6) is 0. The Bertz CT molecular complexity index is 2920. The van der Waals surface area contributed by atoms with Crippen LogP contribution < -0.4 is 4.90 Å². The molecule has 0 saturated carbocycles. The van der Waals surface area contributed by atoms with Crippen LogP contribution in [0.1, 0.15) is 0 Å². The highest BCUT2D eigenvalue weighted by Crippen LogP contribution is 2.43. The summed E-state index contributed by atoms with van der Waals surface area (Å²) in [6, 6.07) is 76.0. The number of rotatable bonds is 7. The van der Waals surface area contributed by atoms with Crippen LogP contribution in [0.25, 0.3) is 77.2 Å². The van der Waals surface area contributed by atoms with Gasteiger partial charge in [-0.05, 0) is 110 Å². The third kappa shape index (κ3) is 5.81. The smallest absolute Gasteiger partial charge is 0.135 e. The van der Waals surface area contributed by atoms with Crippen LogP contribution in [-0.4, -0.2) is 0 Å². The van der Waals surface area contributed by atoms with E-state index < -0.39 is 0 Å². The summed E-state index contributed by atoms with van der Waals surface area (Å²) < 4.78 is 6.19. The van der Waals surface area contributed by atoms with Crippen molar-refractivity contribution in [2.75, 3.05) is 4.90 Å². The first-order valence-corrected chi connectivity index (χ1v) is 18.4. The molecule has 0 aliphatic heterocycles. The Hall–Kier alpha value is -7.16. The quantitative estimate of drug-likeness (QED) is 0.166. The fourth-order valence-electron chi connectivity index (χ4n) is 7.72. The number of nitrogens with zero attached hydrogens (tertiary/aromatic N) is 1. The third-order valence-electron chi connectivity index (χ3n) is 10.5. The lowest BCUT2D eigenvalue weighted by Gasteiger charge is -2.28. The van der Waals surface area contributed by atoms with E-state index in [1.165, 1.54) is 44.2 Å². The summed E-state index contributed by atoms with van der Waals surface area (Å²) in [7, 11) is 0. The highest BCUT2D eigenvalue weighted by molar-refractivity contribution is 6.07. The SMILES string of the molecule is c1ccc(-c2ccc(N(c3ccc(-c4cccc(-c5ccc6ccccc6c5)c4)cc3)c3ccccc3-c3ccc4oc5ccccc5c4c3)cc2)cc1. The van der Waals surface area contributed by atoms with E-state index in [0.29, 0.717) is 0 Å². The van der Waals surface area contributed by atoms with Gasteiger partial charge < -0.3 is 9.32 Å². The highest BCUT2D eigenvalue weighted by Gasteiger charge is 2.19. The molecule has 54 heavy (non-hydrogen) atoms. The molecule has 1 heterocycles. The van der Waals surface area contributed by atoms with E-state index in [1.807, 2.05) is 12.1 Å². The molecule has 0 N–H and O–H groups in total. The van der Waals surface area contributed by atoms with E-state index in [9.17, 15) is 0 Å². The molecule has 0 aliphatic carbocycles. The molecule has 0 amide bonds. The van der Waals surface area contributed by atoms with Gasteiger partial charge in [-0.2, -0.15) is 0 Å². The van der Waals surface area contributed by atoms with Crippen molar-refractivity contribution in [3.8, 4) is 44.5 Å². The average Bonchev–Trinajstić information content (AvgIpc) is 3.63. The van der Waals surface area contributed by atoms with Gasteiger partial charge in [0, 0.05) is 27.7 Å². The predicted octanol–water partition coefficient (Wildman–Crippen LogP) is 14.9. The molecule has 10 aromatic rings. The maximum atomic E-state index is 6.19. The third-order valence-corrected chi connectivity index (χ3v) is 10.5. The van der Waals surface area contributed by atoms with Crippen LogP contribution in [0.5, 0.6) is 0 Å². The van der Waals surface area contributed by atoms with Crippen molar-refractivity contribution >= 4 is 49.8 Å². The summed E-state index contributed by atoms with van der Waals surface area (Å²) in [6.07, 6.45) is 0. The normalized spacial score (nSPS) is 11.3. The Morgan fingerprint density at radius 2 is 0.833 bits per heavy atom. The van der Waals surface area contributed by atoms with E-state index >= 15 is 0 Å². The Morgan fingerprint density at radius 1 is 0.296 bits per heavy atom. The van der Waals surface area contributed by atoms with Gasteiger partial charge >= 0.3 is 0 Å². The number of para-hydroxylation sites is 2. The molecule has 254 valence electrons. The maximum absolute atomic E-state index is 6.19. The zero-order valence-electron chi connectivity index (χ0n) is 29.6. The zero-order chi connectivity index (χ0) is 35.8. The van der Waals surface area contributed by atoms with Crippen molar-refractivity contribution in [1.82, 2.24) is 0 Å². The fourth-order valence-corrected chi connectivity index (χ4v) is 7.72. The van der Waals surface area contributed by atoms with Gasteiger partial charge in [0.2, 0.25) is 0 Å². The Balaban J connectivity index is 1.06. The number of hydrogen-bond acceptors (Lipinski definition) is 2. The van der Waals surface area contributed by atoms with E-state index in [2.05, 4.69) is 205 Å². The molecule has 0 saturated heterocycles.